The third-order valence-corrected chi connectivity index (χ3v) is 4.44. The molecule has 0 bridgehead atoms. The van der Waals surface area contributed by atoms with E-state index < -0.39 is 18.3 Å². The van der Waals surface area contributed by atoms with Crippen LogP contribution in [-0.4, -0.2) is 35.8 Å². The van der Waals surface area contributed by atoms with Crippen LogP contribution in [0.15, 0.2) is 17.6 Å². The number of carbonyl (C=O) groups is 1. The van der Waals surface area contributed by atoms with Crippen LogP contribution in [0.4, 0.5) is 5.82 Å². The van der Waals surface area contributed by atoms with Gasteiger partial charge in [0.25, 0.3) is 0 Å². The zero-order valence-electron chi connectivity index (χ0n) is 15.3. The molecule has 0 aliphatic carbocycles. The molecule has 2 rings (SSSR count). The Balaban J connectivity index is 2.35. The highest BCUT2D eigenvalue weighted by molar-refractivity contribution is 6.56. The smallest absolute Gasteiger partial charge is 0.400 e. The van der Waals surface area contributed by atoms with Crippen molar-refractivity contribution >= 4 is 24.9 Å². The first kappa shape index (κ1) is 18.5. The highest BCUT2D eigenvalue weighted by Crippen LogP contribution is 2.38. The van der Waals surface area contributed by atoms with E-state index in [1.165, 1.54) is 6.92 Å². The standard InChI is InChI=1S/C17H26BN3O3/c1-11-7-14(21-15(19)8-11)9-13(10-20-12(2)22)18-23-16(3,4)17(5,6)24-18/h7-9H,10H2,1-6H3,(H2,19,21)(H,20,22). The second-order valence-corrected chi connectivity index (χ2v) is 7.21. The summed E-state index contributed by atoms with van der Waals surface area (Å²) in [4.78, 5) is 15.6. The lowest BCUT2D eigenvalue weighted by Crippen LogP contribution is -2.41. The minimum Gasteiger partial charge on any atom is -0.400 e. The number of aromatic nitrogens is 1. The monoisotopic (exact) mass is 331 g/mol. The van der Waals surface area contributed by atoms with Crippen molar-refractivity contribution in [3.8, 4) is 0 Å². The summed E-state index contributed by atoms with van der Waals surface area (Å²) in [5.74, 6) is 0.336. The van der Waals surface area contributed by atoms with Crippen molar-refractivity contribution in [2.24, 2.45) is 0 Å². The van der Waals surface area contributed by atoms with Crippen LogP contribution < -0.4 is 11.1 Å². The van der Waals surface area contributed by atoms with Gasteiger partial charge in [0.2, 0.25) is 5.91 Å². The lowest BCUT2D eigenvalue weighted by atomic mass is 9.77. The fourth-order valence-electron chi connectivity index (χ4n) is 2.41. The molecule has 1 aromatic rings. The zero-order chi connectivity index (χ0) is 18.1. The molecule has 1 fully saturated rings. The Labute approximate surface area is 144 Å². The number of nitrogens with two attached hydrogens (primary N) is 1. The topological polar surface area (TPSA) is 86.5 Å². The molecule has 24 heavy (non-hydrogen) atoms. The number of carbonyl (C=O) groups excluding carboxylic acids is 1. The Kier molecular flexibility index (Phi) is 5.06. The number of anilines is 1. The van der Waals surface area contributed by atoms with E-state index in [4.69, 9.17) is 15.0 Å². The molecule has 6 nitrogen and oxygen atoms in total. The zero-order valence-corrected chi connectivity index (χ0v) is 15.3. The molecule has 3 N–H and O–H groups in total. The highest BCUT2D eigenvalue weighted by Gasteiger charge is 2.52. The molecule has 0 saturated carbocycles. The number of hydrogen-bond acceptors (Lipinski definition) is 5. The molecule has 1 aliphatic heterocycles. The molecule has 0 radical (unpaired) electrons. The Bertz CT molecular complexity index is 635. The molecular formula is C17H26BN3O3. The number of rotatable bonds is 4. The largest absolute Gasteiger partial charge is 0.492 e. The fourth-order valence-corrected chi connectivity index (χ4v) is 2.41. The molecule has 0 spiro atoms. The second-order valence-electron chi connectivity index (χ2n) is 7.21. The van der Waals surface area contributed by atoms with E-state index in [0.717, 1.165) is 11.0 Å². The number of nitrogen functional groups attached to an aromatic ring is 1. The van der Waals surface area contributed by atoms with Gasteiger partial charge in [-0.3, -0.25) is 4.79 Å². The molecule has 1 aliphatic rings. The summed E-state index contributed by atoms with van der Waals surface area (Å²) in [5.41, 5.74) is 7.44. The number of nitrogens with zero attached hydrogens (tertiary/aromatic N) is 1. The van der Waals surface area contributed by atoms with Crippen LogP contribution in [0.1, 0.15) is 45.9 Å². The summed E-state index contributed by atoms with van der Waals surface area (Å²) in [6, 6.07) is 3.73. The molecule has 1 amide bonds. The van der Waals surface area contributed by atoms with Gasteiger partial charge in [0.1, 0.15) is 5.82 Å². The van der Waals surface area contributed by atoms with Crippen LogP contribution in [0, 0.1) is 6.92 Å². The van der Waals surface area contributed by atoms with Gasteiger partial charge in [-0.15, -0.1) is 0 Å². The van der Waals surface area contributed by atoms with Gasteiger partial charge in [-0.2, -0.15) is 0 Å². The number of pyridine rings is 1. The molecule has 2 heterocycles. The van der Waals surface area contributed by atoms with Gasteiger partial charge >= 0.3 is 7.12 Å². The third kappa shape index (κ3) is 4.16. The Morgan fingerprint density at radius 1 is 1.29 bits per heavy atom. The maximum atomic E-state index is 11.3. The van der Waals surface area contributed by atoms with Crippen LogP contribution in [0.2, 0.25) is 0 Å². The van der Waals surface area contributed by atoms with Crippen molar-refractivity contribution in [2.45, 2.75) is 52.7 Å². The van der Waals surface area contributed by atoms with Crippen LogP contribution in [0.5, 0.6) is 0 Å². The fraction of sp³-hybridized carbons (Fsp3) is 0.529. The highest BCUT2D eigenvalue weighted by atomic mass is 16.7. The van der Waals surface area contributed by atoms with Crippen LogP contribution in [0.25, 0.3) is 6.08 Å². The van der Waals surface area contributed by atoms with Gasteiger partial charge in [-0.25, -0.2) is 4.98 Å². The molecule has 0 unspecified atom stereocenters. The first-order valence-electron chi connectivity index (χ1n) is 8.05. The summed E-state index contributed by atoms with van der Waals surface area (Å²) in [7, 11) is -0.551. The van der Waals surface area contributed by atoms with Crippen molar-refractivity contribution in [2.75, 3.05) is 12.3 Å². The number of aryl methyl sites for hydroxylation is 1. The van der Waals surface area contributed by atoms with Gasteiger partial charge in [0, 0.05) is 13.5 Å². The van der Waals surface area contributed by atoms with E-state index in [2.05, 4.69) is 10.3 Å². The summed E-state index contributed by atoms with van der Waals surface area (Å²) in [5, 5.41) is 2.80. The molecule has 7 heteroatoms. The average molecular weight is 331 g/mol. The molecule has 0 aromatic carbocycles. The van der Waals surface area contributed by atoms with Gasteiger partial charge in [0.15, 0.2) is 0 Å². The summed E-state index contributed by atoms with van der Waals surface area (Å²) in [6.45, 7) is 11.7. The molecule has 0 atom stereocenters. The first-order valence-corrected chi connectivity index (χ1v) is 8.05. The lowest BCUT2D eigenvalue weighted by Gasteiger charge is -2.32. The van der Waals surface area contributed by atoms with E-state index in [9.17, 15) is 4.79 Å². The third-order valence-electron chi connectivity index (χ3n) is 4.44. The quantitative estimate of drug-likeness (QED) is 0.826. The number of amides is 1. The van der Waals surface area contributed by atoms with Crippen molar-refractivity contribution in [1.82, 2.24) is 10.3 Å². The van der Waals surface area contributed by atoms with E-state index >= 15 is 0 Å². The van der Waals surface area contributed by atoms with E-state index in [-0.39, 0.29) is 5.91 Å². The average Bonchev–Trinajstić information content (AvgIpc) is 2.62. The number of hydrogen-bond donors (Lipinski definition) is 2. The van der Waals surface area contributed by atoms with Crippen molar-refractivity contribution < 1.29 is 14.1 Å². The lowest BCUT2D eigenvalue weighted by molar-refractivity contribution is -0.118. The molecule has 1 aromatic heterocycles. The van der Waals surface area contributed by atoms with Crippen molar-refractivity contribution in [3.05, 3.63) is 28.9 Å². The predicted molar refractivity (Wildman–Crippen MR) is 96.1 cm³/mol. The Morgan fingerprint density at radius 3 is 2.38 bits per heavy atom. The maximum absolute atomic E-state index is 11.3. The van der Waals surface area contributed by atoms with Crippen LogP contribution in [0.3, 0.4) is 0 Å². The van der Waals surface area contributed by atoms with Crippen LogP contribution >= 0.6 is 0 Å². The SMILES string of the molecule is CC(=O)NCC(=Cc1cc(C)cc(N)n1)B1OC(C)(C)C(C)(C)O1. The summed E-state index contributed by atoms with van der Waals surface area (Å²) in [6.07, 6.45) is 1.86. The van der Waals surface area contributed by atoms with E-state index in [1.54, 1.807) is 6.07 Å². The van der Waals surface area contributed by atoms with E-state index in [0.29, 0.717) is 18.1 Å². The van der Waals surface area contributed by atoms with Crippen LogP contribution in [-0.2, 0) is 14.1 Å². The Hall–Kier alpha value is -1.86. The van der Waals surface area contributed by atoms with Crippen molar-refractivity contribution in [1.29, 1.82) is 0 Å². The Morgan fingerprint density at radius 2 is 1.88 bits per heavy atom. The van der Waals surface area contributed by atoms with Gasteiger partial charge < -0.3 is 20.4 Å². The summed E-state index contributed by atoms with van der Waals surface area (Å²) >= 11 is 0. The minimum absolute atomic E-state index is 0.117. The summed E-state index contributed by atoms with van der Waals surface area (Å²) < 4.78 is 12.2. The predicted octanol–water partition coefficient (Wildman–Crippen LogP) is 2.12. The van der Waals surface area contributed by atoms with Gasteiger partial charge in [0.05, 0.1) is 16.9 Å². The maximum Gasteiger partial charge on any atom is 0.492 e. The molecular weight excluding hydrogens is 305 g/mol. The van der Waals surface area contributed by atoms with Gasteiger partial charge in [-0.1, -0.05) is 0 Å². The number of nitrogens with one attached hydrogen (secondary N) is 1. The van der Waals surface area contributed by atoms with Crippen molar-refractivity contribution in [3.63, 3.8) is 0 Å². The minimum atomic E-state index is -0.551. The van der Waals surface area contributed by atoms with Gasteiger partial charge in [-0.05, 0) is 63.9 Å². The second kappa shape index (κ2) is 6.57. The molecule has 130 valence electrons. The normalized spacial score (nSPS) is 19.4. The first-order chi connectivity index (χ1) is 11.0. The molecule has 1 saturated heterocycles. The van der Waals surface area contributed by atoms with E-state index in [1.807, 2.05) is 46.8 Å².